The molecule has 2 aromatic heterocycles. The molecule has 2 heterocycles. The highest BCUT2D eigenvalue weighted by molar-refractivity contribution is 9.11. The molecule has 1 N–H and O–H groups in total. The van der Waals surface area contributed by atoms with E-state index in [1.165, 1.54) is 18.4 Å². The lowest BCUT2D eigenvalue weighted by molar-refractivity contribution is -0.131. The van der Waals surface area contributed by atoms with Crippen LogP contribution in [0.1, 0.15) is 4.88 Å². The standard InChI is InChI=1S/C16H10BrClN2O4S2/c1-23-11-4-2-8(18)6-10(11)14-19-20-16(24-14)26-12(15(21)22)7-9-3-5-13(17)25-9/h2-7H,1H3,(H,21,22)/b12-7-. The van der Waals surface area contributed by atoms with Gasteiger partial charge in [0, 0.05) is 9.90 Å². The molecule has 0 bridgehead atoms. The Kier molecular flexibility index (Phi) is 6.02. The van der Waals surface area contributed by atoms with E-state index >= 15 is 0 Å². The van der Waals surface area contributed by atoms with Crippen LogP contribution in [-0.4, -0.2) is 28.4 Å². The van der Waals surface area contributed by atoms with Crippen molar-refractivity contribution in [3.63, 3.8) is 0 Å². The van der Waals surface area contributed by atoms with E-state index < -0.39 is 5.97 Å². The first-order valence-corrected chi connectivity index (χ1v) is 9.82. The minimum absolute atomic E-state index is 0.0626. The third kappa shape index (κ3) is 4.47. The maximum absolute atomic E-state index is 11.5. The molecule has 134 valence electrons. The molecule has 6 nitrogen and oxygen atoms in total. The number of hydrogen-bond donors (Lipinski definition) is 1. The summed E-state index contributed by atoms with van der Waals surface area (Å²) >= 11 is 11.6. The van der Waals surface area contributed by atoms with Gasteiger partial charge in [-0.15, -0.1) is 21.5 Å². The largest absolute Gasteiger partial charge is 0.496 e. The predicted molar refractivity (Wildman–Crippen MR) is 105 cm³/mol. The molecular formula is C16H10BrClN2O4S2. The highest BCUT2D eigenvalue weighted by Crippen LogP contribution is 2.35. The van der Waals surface area contributed by atoms with Gasteiger partial charge in [0.05, 0.1) is 16.5 Å². The summed E-state index contributed by atoms with van der Waals surface area (Å²) in [7, 11) is 1.52. The zero-order valence-electron chi connectivity index (χ0n) is 13.1. The summed E-state index contributed by atoms with van der Waals surface area (Å²) in [6, 6.07) is 8.66. The molecule has 0 aliphatic rings. The molecule has 3 aromatic rings. The van der Waals surface area contributed by atoms with Crippen LogP contribution in [0.2, 0.25) is 5.02 Å². The molecule has 0 amide bonds. The zero-order valence-corrected chi connectivity index (χ0v) is 17.1. The Balaban J connectivity index is 1.88. The van der Waals surface area contributed by atoms with Crippen LogP contribution in [0.4, 0.5) is 0 Å². The lowest BCUT2D eigenvalue weighted by Gasteiger charge is -2.04. The predicted octanol–water partition coefficient (Wildman–Crippen LogP) is 5.44. The van der Waals surface area contributed by atoms with Gasteiger partial charge in [-0.05, 0) is 64.1 Å². The van der Waals surface area contributed by atoms with Crippen LogP contribution in [0, 0.1) is 0 Å². The Hall–Kier alpha value is -1.81. The van der Waals surface area contributed by atoms with Crippen molar-refractivity contribution < 1.29 is 19.1 Å². The van der Waals surface area contributed by atoms with E-state index in [1.54, 1.807) is 24.3 Å². The van der Waals surface area contributed by atoms with E-state index in [4.69, 9.17) is 20.8 Å². The SMILES string of the molecule is COc1ccc(Cl)cc1-c1nnc(S/C(=C\c2ccc(Br)s2)C(=O)O)o1. The molecule has 0 radical (unpaired) electrons. The molecule has 1 aromatic carbocycles. The van der Waals surface area contributed by atoms with E-state index in [2.05, 4.69) is 26.1 Å². The van der Waals surface area contributed by atoms with Crippen LogP contribution >= 0.6 is 50.6 Å². The molecule has 0 atom stereocenters. The Morgan fingerprint density at radius 3 is 2.85 bits per heavy atom. The minimum atomic E-state index is -1.08. The molecule has 0 unspecified atom stereocenters. The topological polar surface area (TPSA) is 85.5 Å². The fourth-order valence-corrected chi connectivity index (χ4v) is 4.25. The molecule has 0 aliphatic carbocycles. The number of ether oxygens (including phenoxy) is 1. The molecule has 3 rings (SSSR count). The maximum Gasteiger partial charge on any atom is 0.342 e. The number of hydrogen-bond acceptors (Lipinski definition) is 7. The zero-order chi connectivity index (χ0) is 18.7. The first-order chi connectivity index (χ1) is 12.5. The third-order valence-corrected chi connectivity index (χ3v) is 5.73. The molecular weight excluding hydrogens is 464 g/mol. The van der Waals surface area contributed by atoms with E-state index in [-0.39, 0.29) is 16.0 Å². The van der Waals surface area contributed by atoms with E-state index in [1.807, 2.05) is 12.1 Å². The second-order valence-corrected chi connectivity index (χ2v) is 8.70. The van der Waals surface area contributed by atoms with Crippen molar-refractivity contribution in [2.45, 2.75) is 5.22 Å². The minimum Gasteiger partial charge on any atom is -0.496 e. The van der Waals surface area contributed by atoms with Crippen molar-refractivity contribution >= 4 is 62.7 Å². The molecule has 0 fully saturated rings. The number of carbonyl (C=O) groups is 1. The lowest BCUT2D eigenvalue weighted by Crippen LogP contribution is -1.96. The summed E-state index contributed by atoms with van der Waals surface area (Å²) in [5, 5.41) is 17.9. The van der Waals surface area contributed by atoms with Crippen LogP contribution in [0.3, 0.4) is 0 Å². The first kappa shape index (κ1) is 19.0. The number of nitrogens with zero attached hydrogens (tertiary/aromatic N) is 2. The van der Waals surface area contributed by atoms with Crippen molar-refractivity contribution in [2.24, 2.45) is 0 Å². The molecule has 0 saturated carbocycles. The summed E-state index contributed by atoms with van der Waals surface area (Å²) in [5.41, 5.74) is 0.530. The Morgan fingerprint density at radius 2 is 2.19 bits per heavy atom. The summed E-state index contributed by atoms with van der Waals surface area (Å²) in [6.45, 7) is 0. The number of aliphatic carboxylic acids is 1. The first-order valence-electron chi connectivity index (χ1n) is 7.02. The third-order valence-electron chi connectivity index (χ3n) is 3.07. The van der Waals surface area contributed by atoms with Gasteiger partial charge in [-0.25, -0.2) is 4.79 Å². The van der Waals surface area contributed by atoms with Crippen LogP contribution in [0.15, 0.2) is 48.7 Å². The Labute approximate surface area is 170 Å². The fourth-order valence-electron chi connectivity index (χ4n) is 1.97. The van der Waals surface area contributed by atoms with Gasteiger partial charge >= 0.3 is 5.97 Å². The summed E-state index contributed by atoms with van der Waals surface area (Å²) in [4.78, 5) is 12.4. The monoisotopic (exact) mass is 472 g/mol. The Bertz CT molecular complexity index is 986. The van der Waals surface area contributed by atoms with Crippen molar-refractivity contribution in [1.82, 2.24) is 10.2 Å². The van der Waals surface area contributed by atoms with Crippen molar-refractivity contribution in [2.75, 3.05) is 7.11 Å². The molecule has 0 spiro atoms. The summed E-state index contributed by atoms with van der Waals surface area (Å²) in [5.74, 6) is -0.373. The van der Waals surface area contributed by atoms with Crippen LogP contribution in [-0.2, 0) is 4.79 Å². The number of benzene rings is 1. The van der Waals surface area contributed by atoms with Gasteiger partial charge in [0.2, 0.25) is 0 Å². The summed E-state index contributed by atoms with van der Waals surface area (Å²) in [6.07, 6.45) is 1.55. The Morgan fingerprint density at radius 1 is 1.38 bits per heavy atom. The fraction of sp³-hybridized carbons (Fsp3) is 0.0625. The normalized spacial score (nSPS) is 11.6. The molecule has 10 heteroatoms. The second kappa shape index (κ2) is 8.26. The van der Waals surface area contributed by atoms with Gasteiger partial charge in [-0.2, -0.15) is 0 Å². The second-order valence-electron chi connectivity index (χ2n) is 4.78. The quantitative estimate of drug-likeness (QED) is 0.377. The number of thiophene rings is 1. The number of aromatic nitrogens is 2. The van der Waals surface area contributed by atoms with Gasteiger partial charge in [-0.1, -0.05) is 11.6 Å². The molecule has 26 heavy (non-hydrogen) atoms. The van der Waals surface area contributed by atoms with Gasteiger partial charge in [0.1, 0.15) is 10.7 Å². The highest BCUT2D eigenvalue weighted by Gasteiger charge is 2.18. The van der Waals surface area contributed by atoms with Crippen LogP contribution in [0.5, 0.6) is 5.75 Å². The van der Waals surface area contributed by atoms with Crippen LogP contribution in [0.25, 0.3) is 17.5 Å². The molecule has 0 saturated heterocycles. The number of carboxylic acids is 1. The lowest BCUT2D eigenvalue weighted by atomic mass is 10.2. The van der Waals surface area contributed by atoms with Crippen LogP contribution < -0.4 is 4.74 Å². The van der Waals surface area contributed by atoms with E-state index in [9.17, 15) is 9.90 Å². The number of rotatable bonds is 6. The van der Waals surface area contributed by atoms with Gasteiger partial charge in [0.15, 0.2) is 0 Å². The number of thioether (sulfide) groups is 1. The number of carboxylic acid groups (broad SMARTS) is 1. The average Bonchev–Trinajstić information content (AvgIpc) is 3.23. The van der Waals surface area contributed by atoms with Crippen molar-refractivity contribution in [3.05, 3.63) is 48.9 Å². The van der Waals surface area contributed by atoms with Gasteiger partial charge in [-0.3, -0.25) is 0 Å². The molecule has 0 aliphatic heterocycles. The number of methoxy groups -OCH3 is 1. The van der Waals surface area contributed by atoms with Crippen molar-refractivity contribution in [3.8, 4) is 17.2 Å². The number of halogens is 2. The van der Waals surface area contributed by atoms with Gasteiger partial charge in [0.25, 0.3) is 11.1 Å². The smallest absolute Gasteiger partial charge is 0.342 e. The highest BCUT2D eigenvalue weighted by atomic mass is 79.9. The van der Waals surface area contributed by atoms with Gasteiger partial charge < -0.3 is 14.3 Å². The van der Waals surface area contributed by atoms with Crippen molar-refractivity contribution in [1.29, 1.82) is 0 Å². The maximum atomic E-state index is 11.5. The summed E-state index contributed by atoms with van der Waals surface area (Å²) < 4.78 is 11.8. The average molecular weight is 474 g/mol. The van der Waals surface area contributed by atoms with E-state index in [0.29, 0.717) is 16.3 Å². The van der Waals surface area contributed by atoms with E-state index in [0.717, 1.165) is 20.4 Å².